The van der Waals surface area contributed by atoms with Crippen molar-refractivity contribution in [2.24, 2.45) is 5.92 Å². The number of nitrogens with one attached hydrogen (secondary N) is 1. The standard InChI is InChI=1S/C22H26F2N4O2/c1-15(21(29)27-20-5-4-18(12-26-20)30-14-16-2-3-16)28-11-8-22(23,24)19(13-28)17-6-9-25-10-7-17/h4-7,9-10,12,15-16,19H,2-3,8,11,13-14H2,1H3,(H,26,27,29)/t15?,19-/m1/s1. The number of hydrogen-bond donors (Lipinski definition) is 1. The maximum Gasteiger partial charge on any atom is 0.257 e. The minimum atomic E-state index is -2.81. The van der Waals surface area contributed by atoms with Crippen LogP contribution in [0.3, 0.4) is 0 Å². The Morgan fingerprint density at radius 3 is 2.73 bits per heavy atom. The minimum Gasteiger partial charge on any atom is -0.492 e. The van der Waals surface area contributed by atoms with E-state index in [2.05, 4.69) is 15.3 Å². The fourth-order valence-electron chi connectivity index (χ4n) is 3.66. The second-order valence-electron chi connectivity index (χ2n) is 8.14. The Bertz CT molecular complexity index is 859. The van der Waals surface area contributed by atoms with Gasteiger partial charge in [-0.3, -0.25) is 14.7 Å². The molecule has 8 heteroatoms. The highest BCUT2D eigenvalue weighted by Gasteiger charge is 2.46. The molecule has 0 bridgehead atoms. The number of carbonyl (C=O) groups is 1. The van der Waals surface area contributed by atoms with E-state index in [1.54, 1.807) is 42.3 Å². The van der Waals surface area contributed by atoms with Gasteiger partial charge in [-0.05, 0) is 55.5 Å². The Morgan fingerprint density at radius 1 is 1.30 bits per heavy atom. The van der Waals surface area contributed by atoms with Crippen LogP contribution in [-0.4, -0.2) is 52.4 Å². The highest BCUT2D eigenvalue weighted by atomic mass is 19.3. The average Bonchev–Trinajstić information content (AvgIpc) is 3.58. The molecule has 4 rings (SSSR count). The molecule has 0 radical (unpaired) electrons. The number of amides is 1. The van der Waals surface area contributed by atoms with Crippen LogP contribution in [0.5, 0.6) is 5.75 Å². The largest absolute Gasteiger partial charge is 0.492 e. The lowest BCUT2D eigenvalue weighted by Gasteiger charge is -2.40. The SMILES string of the molecule is CC(C(=O)Nc1ccc(OCC2CC2)cn1)N1CCC(F)(F)[C@@H](c2ccncc2)C1. The number of likely N-dealkylation sites (tertiary alicyclic amines) is 1. The summed E-state index contributed by atoms with van der Waals surface area (Å²) < 4.78 is 34.7. The molecule has 2 atom stereocenters. The van der Waals surface area contributed by atoms with E-state index < -0.39 is 17.9 Å². The van der Waals surface area contributed by atoms with E-state index in [9.17, 15) is 13.6 Å². The molecular weight excluding hydrogens is 390 g/mol. The number of pyridine rings is 2. The van der Waals surface area contributed by atoms with Crippen LogP contribution in [-0.2, 0) is 4.79 Å². The molecule has 1 aliphatic carbocycles. The topological polar surface area (TPSA) is 67.3 Å². The van der Waals surface area contributed by atoms with E-state index in [1.165, 1.54) is 25.2 Å². The Hall–Kier alpha value is -2.61. The summed E-state index contributed by atoms with van der Waals surface area (Å²) in [6.45, 7) is 2.69. The molecule has 2 aromatic heterocycles. The molecule has 2 fully saturated rings. The van der Waals surface area contributed by atoms with Gasteiger partial charge in [0.2, 0.25) is 5.91 Å². The molecular formula is C22H26F2N4O2. The van der Waals surface area contributed by atoms with Gasteiger partial charge in [0.25, 0.3) is 5.92 Å². The monoisotopic (exact) mass is 416 g/mol. The molecule has 2 aliphatic rings. The summed E-state index contributed by atoms with van der Waals surface area (Å²) in [7, 11) is 0. The molecule has 1 N–H and O–H groups in total. The van der Waals surface area contributed by atoms with Gasteiger partial charge in [-0.2, -0.15) is 0 Å². The first-order valence-electron chi connectivity index (χ1n) is 10.3. The summed E-state index contributed by atoms with van der Waals surface area (Å²) in [4.78, 5) is 22.6. The van der Waals surface area contributed by atoms with Crippen LogP contribution in [0, 0.1) is 5.92 Å². The molecule has 1 saturated heterocycles. The maximum absolute atomic E-state index is 14.5. The summed E-state index contributed by atoms with van der Waals surface area (Å²) in [6.07, 6.45) is 6.76. The highest BCUT2D eigenvalue weighted by molar-refractivity contribution is 5.93. The molecule has 6 nitrogen and oxygen atoms in total. The summed E-state index contributed by atoms with van der Waals surface area (Å²) >= 11 is 0. The highest BCUT2D eigenvalue weighted by Crippen LogP contribution is 2.40. The van der Waals surface area contributed by atoms with E-state index in [4.69, 9.17) is 4.74 Å². The van der Waals surface area contributed by atoms with Crippen molar-refractivity contribution in [3.63, 3.8) is 0 Å². The van der Waals surface area contributed by atoms with E-state index in [-0.39, 0.29) is 25.4 Å². The predicted octanol–water partition coefficient (Wildman–Crippen LogP) is 3.72. The van der Waals surface area contributed by atoms with Gasteiger partial charge in [0, 0.05) is 31.9 Å². The van der Waals surface area contributed by atoms with E-state index in [0.29, 0.717) is 29.7 Å². The smallest absolute Gasteiger partial charge is 0.257 e. The number of aromatic nitrogens is 2. The van der Waals surface area contributed by atoms with E-state index in [1.807, 2.05) is 0 Å². The summed E-state index contributed by atoms with van der Waals surface area (Å²) in [6, 6.07) is 6.14. The molecule has 1 amide bonds. The zero-order chi connectivity index (χ0) is 21.1. The summed E-state index contributed by atoms with van der Waals surface area (Å²) in [5.74, 6) is -2.31. The lowest BCUT2D eigenvalue weighted by Crippen LogP contribution is -2.52. The van der Waals surface area contributed by atoms with Crippen molar-refractivity contribution >= 4 is 11.7 Å². The van der Waals surface area contributed by atoms with Crippen molar-refractivity contribution in [3.05, 3.63) is 48.4 Å². The van der Waals surface area contributed by atoms with Crippen LogP contribution in [0.2, 0.25) is 0 Å². The lowest BCUT2D eigenvalue weighted by atomic mass is 9.87. The first-order chi connectivity index (χ1) is 14.4. The number of anilines is 1. The first-order valence-corrected chi connectivity index (χ1v) is 10.3. The van der Waals surface area contributed by atoms with Crippen LogP contribution in [0.15, 0.2) is 42.9 Å². The minimum absolute atomic E-state index is 0.104. The Labute approximate surface area is 174 Å². The Morgan fingerprint density at radius 2 is 2.07 bits per heavy atom. The normalized spacial score (nSPS) is 22.3. The number of piperidine rings is 1. The fraction of sp³-hybridized carbons (Fsp3) is 0.500. The van der Waals surface area contributed by atoms with Gasteiger partial charge in [-0.25, -0.2) is 13.8 Å². The third kappa shape index (κ3) is 4.92. The predicted molar refractivity (Wildman–Crippen MR) is 109 cm³/mol. The number of rotatable bonds is 7. The molecule has 3 heterocycles. The second kappa shape index (κ2) is 8.63. The maximum atomic E-state index is 14.5. The molecule has 2 aromatic rings. The third-order valence-corrected chi connectivity index (χ3v) is 5.87. The Balaban J connectivity index is 1.36. The number of nitrogens with zero attached hydrogens (tertiary/aromatic N) is 3. The zero-order valence-electron chi connectivity index (χ0n) is 16.9. The second-order valence-corrected chi connectivity index (χ2v) is 8.14. The Kier molecular flexibility index (Phi) is 5.94. The van der Waals surface area contributed by atoms with Crippen LogP contribution < -0.4 is 10.1 Å². The molecule has 0 aromatic carbocycles. The van der Waals surface area contributed by atoms with Gasteiger partial charge in [0.15, 0.2) is 0 Å². The average molecular weight is 416 g/mol. The van der Waals surface area contributed by atoms with Crippen molar-refractivity contribution in [1.29, 1.82) is 0 Å². The van der Waals surface area contributed by atoms with Crippen LogP contribution >= 0.6 is 0 Å². The zero-order valence-corrected chi connectivity index (χ0v) is 16.9. The third-order valence-electron chi connectivity index (χ3n) is 5.87. The van der Waals surface area contributed by atoms with Gasteiger partial charge < -0.3 is 10.1 Å². The van der Waals surface area contributed by atoms with E-state index in [0.717, 1.165) is 0 Å². The van der Waals surface area contributed by atoms with Crippen molar-refractivity contribution in [3.8, 4) is 5.75 Å². The van der Waals surface area contributed by atoms with Crippen molar-refractivity contribution in [2.75, 3.05) is 25.0 Å². The van der Waals surface area contributed by atoms with Gasteiger partial charge >= 0.3 is 0 Å². The van der Waals surface area contributed by atoms with Gasteiger partial charge in [0.1, 0.15) is 11.6 Å². The lowest BCUT2D eigenvalue weighted by molar-refractivity contribution is -0.125. The van der Waals surface area contributed by atoms with Crippen molar-refractivity contribution < 1.29 is 18.3 Å². The quantitative estimate of drug-likeness (QED) is 0.745. The van der Waals surface area contributed by atoms with Crippen LogP contribution in [0.25, 0.3) is 0 Å². The molecule has 30 heavy (non-hydrogen) atoms. The summed E-state index contributed by atoms with van der Waals surface area (Å²) in [5.41, 5.74) is 0.538. The number of hydrogen-bond acceptors (Lipinski definition) is 5. The molecule has 1 aliphatic heterocycles. The van der Waals surface area contributed by atoms with Gasteiger partial charge in [-0.1, -0.05) is 0 Å². The number of halogens is 2. The molecule has 0 spiro atoms. The van der Waals surface area contributed by atoms with Crippen molar-refractivity contribution in [1.82, 2.24) is 14.9 Å². The molecule has 1 saturated carbocycles. The number of alkyl halides is 2. The summed E-state index contributed by atoms with van der Waals surface area (Å²) in [5, 5.41) is 2.77. The van der Waals surface area contributed by atoms with Crippen LogP contribution in [0.1, 0.15) is 37.7 Å². The van der Waals surface area contributed by atoms with E-state index >= 15 is 0 Å². The number of ether oxygens (including phenoxy) is 1. The van der Waals surface area contributed by atoms with Crippen LogP contribution in [0.4, 0.5) is 14.6 Å². The molecule has 1 unspecified atom stereocenters. The molecule has 160 valence electrons. The fourth-order valence-corrected chi connectivity index (χ4v) is 3.66. The van der Waals surface area contributed by atoms with Gasteiger partial charge in [0.05, 0.1) is 24.8 Å². The van der Waals surface area contributed by atoms with Gasteiger partial charge in [-0.15, -0.1) is 0 Å². The number of carbonyl (C=O) groups excluding carboxylic acids is 1. The first kappa shape index (κ1) is 20.7. The van der Waals surface area contributed by atoms with Crippen molar-refractivity contribution in [2.45, 2.75) is 44.1 Å².